The minimum absolute atomic E-state index is 0.790. The van der Waals surface area contributed by atoms with Crippen molar-refractivity contribution in [2.75, 3.05) is 0 Å². The lowest BCUT2D eigenvalue weighted by atomic mass is 10.2. The molecule has 0 aliphatic heterocycles. The van der Waals surface area contributed by atoms with Gasteiger partial charge in [0.2, 0.25) is 0 Å². The highest BCUT2D eigenvalue weighted by Crippen LogP contribution is 2.30. The number of hydrogen-bond acceptors (Lipinski definition) is 4. The van der Waals surface area contributed by atoms with Crippen LogP contribution in [0.15, 0.2) is 144 Å². The van der Waals surface area contributed by atoms with Crippen LogP contribution in [0.2, 0.25) is 0 Å². The van der Waals surface area contributed by atoms with E-state index in [9.17, 15) is 0 Å². The van der Waals surface area contributed by atoms with Crippen LogP contribution < -0.4 is 0 Å². The molecule has 6 rings (SSSR count). The van der Waals surface area contributed by atoms with Crippen LogP contribution in [0.1, 0.15) is 13.8 Å². The maximum absolute atomic E-state index is 5.12. The van der Waals surface area contributed by atoms with Gasteiger partial charge < -0.3 is 0 Å². The minimum Gasteiger partial charge on any atom is -0.264 e. The second kappa shape index (κ2) is 11.2. The number of pyridine rings is 2. The predicted octanol–water partition coefficient (Wildman–Crippen LogP) is 7.90. The zero-order valence-electron chi connectivity index (χ0n) is 22.4. The summed E-state index contributed by atoms with van der Waals surface area (Å²) in [5.41, 5.74) is 9.65. The summed E-state index contributed by atoms with van der Waals surface area (Å²) in [7, 11) is 0. The van der Waals surface area contributed by atoms with Crippen LogP contribution in [0.4, 0.5) is 0 Å². The molecule has 6 aromatic rings. The first-order chi connectivity index (χ1) is 19.7. The Morgan fingerprint density at radius 1 is 0.450 bits per heavy atom. The second-order valence-corrected chi connectivity index (χ2v) is 9.42. The van der Waals surface area contributed by atoms with E-state index in [-0.39, 0.29) is 0 Å². The van der Waals surface area contributed by atoms with Gasteiger partial charge in [-0.25, -0.2) is 9.35 Å². The predicted molar refractivity (Wildman–Crippen MR) is 163 cm³/mol. The molecule has 0 N–H and O–H groups in total. The van der Waals surface area contributed by atoms with Gasteiger partial charge in [-0.3, -0.25) is 9.97 Å². The molecule has 0 atom stereocenters. The van der Waals surface area contributed by atoms with E-state index in [1.54, 1.807) is 12.4 Å². The molecule has 4 aromatic heterocycles. The van der Waals surface area contributed by atoms with Crippen LogP contribution in [0.3, 0.4) is 0 Å². The molecule has 0 fully saturated rings. The fourth-order valence-corrected chi connectivity index (χ4v) is 4.64. The summed E-state index contributed by atoms with van der Waals surface area (Å²) in [6.07, 6.45) is 7.25. The lowest BCUT2D eigenvalue weighted by Crippen LogP contribution is -2.12. The maximum Gasteiger partial charge on any atom is 0.0812 e. The summed E-state index contributed by atoms with van der Waals surface area (Å²) in [6.45, 7) is 3.99. The van der Waals surface area contributed by atoms with Gasteiger partial charge in [-0.1, -0.05) is 60.7 Å². The molecular formula is C34H28N6. The molecule has 0 bridgehead atoms. The van der Waals surface area contributed by atoms with Crippen molar-refractivity contribution in [3.63, 3.8) is 0 Å². The van der Waals surface area contributed by atoms with Gasteiger partial charge in [-0.2, -0.15) is 10.2 Å². The molecule has 0 saturated carbocycles. The van der Waals surface area contributed by atoms with E-state index in [4.69, 9.17) is 10.2 Å². The zero-order valence-corrected chi connectivity index (χ0v) is 22.4. The third kappa shape index (κ3) is 5.02. The smallest absolute Gasteiger partial charge is 0.0812 e. The van der Waals surface area contributed by atoms with Crippen molar-refractivity contribution in [2.24, 2.45) is 10.2 Å². The molecule has 40 heavy (non-hydrogen) atoms. The second-order valence-electron chi connectivity index (χ2n) is 9.42. The first-order valence-corrected chi connectivity index (χ1v) is 13.2. The summed E-state index contributed by atoms with van der Waals surface area (Å²) in [5, 5.41) is 10.2. The largest absolute Gasteiger partial charge is 0.264 e. The fraction of sp³-hybridized carbons (Fsp3) is 0.0588. The van der Waals surface area contributed by atoms with Gasteiger partial charge in [0.25, 0.3) is 0 Å². The van der Waals surface area contributed by atoms with E-state index in [1.807, 2.05) is 96.3 Å². The standard InChI is InChI=1S/C34H28N6/c1-25(37-39-31(27-11-5-3-6-12-27)17-18-32(39)28-13-7-4-8-14-28)26(2)38-40-33(29-15-9-21-35-23-29)19-20-34(40)30-16-10-22-36-24-30/h3-24H,1-2H3/b37-25+,38-26+. The van der Waals surface area contributed by atoms with Crippen LogP contribution in [-0.2, 0) is 0 Å². The molecule has 0 aliphatic rings. The normalized spacial score (nSPS) is 12.1. The summed E-state index contributed by atoms with van der Waals surface area (Å²) < 4.78 is 3.97. The highest BCUT2D eigenvalue weighted by atomic mass is 15.4. The number of rotatable bonds is 7. The van der Waals surface area contributed by atoms with E-state index >= 15 is 0 Å². The van der Waals surface area contributed by atoms with Gasteiger partial charge in [-0.05, 0) is 62.4 Å². The molecule has 6 heteroatoms. The third-order valence-corrected chi connectivity index (χ3v) is 6.79. The molecule has 0 unspecified atom stereocenters. The van der Waals surface area contributed by atoms with Gasteiger partial charge in [0, 0.05) is 47.0 Å². The van der Waals surface area contributed by atoms with E-state index in [2.05, 4.69) is 58.5 Å². The minimum atomic E-state index is 0.790. The van der Waals surface area contributed by atoms with Crippen molar-refractivity contribution >= 4 is 11.4 Å². The summed E-state index contributed by atoms with van der Waals surface area (Å²) in [5.74, 6) is 0. The SMILES string of the molecule is CC(=N\n1c(-c2ccccc2)ccc1-c1ccccc1)/C(C)=N/n1c(-c2cccnc2)ccc1-c1cccnc1. The molecule has 4 heterocycles. The molecule has 6 nitrogen and oxygen atoms in total. The van der Waals surface area contributed by atoms with Crippen LogP contribution in [0, 0.1) is 0 Å². The monoisotopic (exact) mass is 520 g/mol. The Morgan fingerprint density at radius 2 is 0.800 bits per heavy atom. The lowest BCUT2D eigenvalue weighted by molar-refractivity contribution is 0.894. The Labute approximate surface area is 233 Å². The van der Waals surface area contributed by atoms with Crippen LogP contribution in [0.5, 0.6) is 0 Å². The third-order valence-electron chi connectivity index (χ3n) is 6.79. The zero-order chi connectivity index (χ0) is 27.3. The van der Waals surface area contributed by atoms with Crippen molar-refractivity contribution < 1.29 is 0 Å². The number of nitrogens with zero attached hydrogens (tertiary/aromatic N) is 6. The van der Waals surface area contributed by atoms with Crippen molar-refractivity contribution in [1.82, 2.24) is 19.3 Å². The summed E-state index contributed by atoms with van der Waals surface area (Å²) >= 11 is 0. The topological polar surface area (TPSA) is 60.4 Å². The highest BCUT2D eigenvalue weighted by Gasteiger charge is 2.15. The van der Waals surface area contributed by atoms with Gasteiger partial charge in [-0.15, -0.1) is 0 Å². The van der Waals surface area contributed by atoms with Crippen LogP contribution >= 0.6 is 0 Å². The molecule has 0 amide bonds. The molecule has 0 saturated heterocycles. The van der Waals surface area contributed by atoms with E-state index in [0.29, 0.717) is 0 Å². The summed E-state index contributed by atoms with van der Waals surface area (Å²) in [4.78, 5) is 8.65. The first-order valence-electron chi connectivity index (χ1n) is 13.2. The Morgan fingerprint density at radius 3 is 1.15 bits per heavy atom. The molecule has 0 radical (unpaired) electrons. The van der Waals surface area contributed by atoms with Gasteiger partial charge >= 0.3 is 0 Å². The molecule has 2 aromatic carbocycles. The van der Waals surface area contributed by atoms with Crippen LogP contribution in [-0.4, -0.2) is 30.7 Å². The van der Waals surface area contributed by atoms with Crippen molar-refractivity contribution in [2.45, 2.75) is 13.8 Å². The fourth-order valence-electron chi connectivity index (χ4n) is 4.64. The Balaban J connectivity index is 1.48. The molecular weight excluding hydrogens is 492 g/mol. The van der Waals surface area contributed by atoms with E-state index in [1.165, 1.54) is 0 Å². The van der Waals surface area contributed by atoms with Crippen molar-refractivity contribution in [3.8, 4) is 45.0 Å². The lowest BCUT2D eigenvalue weighted by Gasteiger charge is -2.12. The Hall–Kier alpha value is -5.36. The summed E-state index contributed by atoms with van der Waals surface area (Å²) in [6, 6.07) is 37.0. The number of benzene rings is 2. The first kappa shape index (κ1) is 24.9. The number of hydrogen-bond donors (Lipinski definition) is 0. The van der Waals surface area contributed by atoms with Gasteiger partial charge in [0.15, 0.2) is 0 Å². The quantitative estimate of drug-likeness (QED) is 0.201. The van der Waals surface area contributed by atoms with E-state index in [0.717, 1.165) is 56.5 Å². The average Bonchev–Trinajstić information content (AvgIpc) is 3.63. The molecule has 0 spiro atoms. The molecule has 0 aliphatic carbocycles. The van der Waals surface area contributed by atoms with E-state index < -0.39 is 0 Å². The van der Waals surface area contributed by atoms with Gasteiger partial charge in [0.05, 0.1) is 34.2 Å². The Bertz CT molecular complexity index is 1530. The maximum atomic E-state index is 5.12. The number of aromatic nitrogens is 4. The van der Waals surface area contributed by atoms with Crippen molar-refractivity contribution in [1.29, 1.82) is 0 Å². The van der Waals surface area contributed by atoms with Crippen LogP contribution in [0.25, 0.3) is 45.0 Å². The molecule has 194 valence electrons. The average molecular weight is 521 g/mol. The van der Waals surface area contributed by atoms with Gasteiger partial charge in [0.1, 0.15) is 0 Å². The Kier molecular flexibility index (Phi) is 6.97. The van der Waals surface area contributed by atoms with Crippen molar-refractivity contribution in [3.05, 3.63) is 134 Å². The highest BCUT2D eigenvalue weighted by molar-refractivity contribution is 6.40.